The first kappa shape index (κ1) is 13.3. The van der Waals surface area contributed by atoms with Gasteiger partial charge in [-0.15, -0.1) is 0 Å². The summed E-state index contributed by atoms with van der Waals surface area (Å²) in [5.41, 5.74) is 1.83. The molecule has 0 unspecified atom stereocenters. The Morgan fingerprint density at radius 1 is 1.29 bits per heavy atom. The van der Waals surface area contributed by atoms with Crippen LogP contribution in [-0.2, 0) is 13.0 Å². The van der Waals surface area contributed by atoms with Gasteiger partial charge in [0.1, 0.15) is 12.4 Å². The second-order valence-corrected chi connectivity index (χ2v) is 5.14. The highest BCUT2D eigenvalue weighted by Crippen LogP contribution is 2.18. The van der Waals surface area contributed by atoms with Crippen LogP contribution >= 0.6 is 0 Å². The summed E-state index contributed by atoms with van der Waals surface area (Å²) in [5.74, 6) is 2.15. The fourth-order valence-corrected chi connectivity index (χ4v) is 2.21. The second-order valence-electron chi connectivity index (χ2n) is 5.14. The van der Waals surface area contributed by atoms with Crippen LogP contribution in [0, 0.1) is 11.3 Å². The van der Waals surface area contributed by atoms with E-state index in [1.165, 1.54) is 0 Å². The lowest BCUT2D eigenvalue weighted by atomic mass is 10.2. The smallest absolute Gasteiger partial charge is 0.246 e. The van der Waals surface area contributed by atoms with Crippen molar-refractivity contribution in [1.82, 2.24) is 19.7 Å². The van der Waals surface area contributed by atoms with Crippen molar-refractivity contribution in [2.45, 2.75) is 32.7 Å². The summed E-state index contributed by atoms with van der Waals surface area (Å²) < 4.78 is 7.24. The van der Waals surface area contributed by atoms with Crippen LogP contribution in [0.3, 0.4) is 0 Å². The molecule has 0 aliphatic carbocycles. The summed E-state index contributed by atoms with van der Waals surface area (Å²) in [7, 11) is 0. The molecule has 3 aromatic rings. The van der Waals surface area contributed by atoms with E-state index in [-0.39, 0.29) is 12.3 Å². The Labute approximate surface area is 122 Å². The van der Waals surface area contributed by atoms with Gasteiger partial charge in [0, 0.05) is 5.92 Å². The van der Waals surface area contributed by atoms with E-state index >= 15 is 0 Å². The predicted octanol–water partition coefficient (Wildman–Crippen LogP) is 2.66. The molecule has 0 bridgehead atoms. The van der Waals surface area contributed by atoms with E-state index in [1.54, 1.807) is 0 Å². The number of para-hydroxylation sites is 2. The quantitative estimate of drug-likeness (QED) is 0.734. The molecule has 0 radical (unpaired) electrons. The number of aromatic nitrogens is 4. The Hall–Kier alpha value is -2.68. The fraction of sp³-hybridized carbons (Fsp3) is 0.333. The molecule has 2 aromatic heterocycles. The molecule has 6 nitrogen and oxygen atoms in total. The number of imidazole rings is 1. The molecule has 0 spiro atoms. The van der Waals surface area contributed by atoms with Gasteiger partial charge < -0.3 is 9.09 Å². The lowest BCUT2D eigenvalue weighted by molar-refractivity contribution is 0.364. The number of hydrogen-bond acceptors (Lipinski definition) is 5. The van der Waals surface area contributed by atoms with Gasteiger partial charge in [0.15, 0.2) is 5.82 Å². The number of nitriles is 1. The molecule has 0 fully saturated rings. The number of benzene rings is 1. The molecule has 0 saturated heterocycles. The highest BCUT2D eigenvalue weighted by molar-refractivity contribution is 5.76. The zero-order chi connectivity index (χ0) is 14.8. The topological polar surface area (TPSA) is 80.5 Å². The molecule has 0 atom stereocenters. The SMILES string of the molecule is CC(C)c1noc(Cn2c(CC#N)nc3ccccc32)n1. The van der Waals surface area contributed by atoms with Gasteiger partial charge in [-0.05, 0) is 12.1 Å². The van der Waals surface area contributed by atoms with Gasteiger partial charge in [-0.3, -0.25) is 0 Å². The van der Waals surface area contributed by atoms with Gasteiger partial charge in [0.05, 0.1) is 23.5 Å². The number of rotatable bonds is 4. The third kappa shape index (κ3) is 2.50. The van der Waals surface area contributed by atoms with Gasteiger partial charge in [-0.25, -0.2) is 4.98 Å². The van der Waals surface area contributed by atoms with Gasteiger partial charge in [0.2, 0.25) is 5.89 Å². The Morgan fingerprint density at radius 3 is 2.81 bits per heavy atom. The Bertz CT molecular complexity index is 809. The molecule has 0 aliphatic rings. The number of nitrogens with zero attached hydrogens (tertiary/aromatic N) is 5. The molecule has 0 aliphatic heterocycles. The average molecular weight is 281 g/mol. The van der Waals surface area contributed by atoms with Crippen molar-refractivity contribution in [3.63, 3.8) is 0 Å². The monoisotopic (exact) mass is 281 g/mol. The maximum absolute atomic E-state index is 8.96. The first-order valence-electron chi connectivity index (χ1n) is 6.82. The van der Waals surface area contributed by atoms with Gasteiger partial charge in [-0.1, -0.05) is 31.1 Å². The third-order valence-corrected chi connectivity index (χ3v) is 3.26. The first-order chi connectivity index (χ1) is 10.2. The van der Waals surface area contributed by atoms with Gasteiger partial charge in [0.25, 0.3) is 0 Å². The highest BCUT2D eigenvalue weighted by atomic mass is 16.5. The highest BCUT2D eigenvalue weighted by Gasteiger charge is 2.15. The van der Waals surface area contributed by atoms with Crippen molar-refractivity contribution in [3.8, 4) is 6.07 Å². The van der Waals surface area contributed by atoms with E-state index in [0.29, 0.717) is 24.1 Å². The maximum Gasteiger partial charge on any atom is 0.246 e. The summed E-state index contributed by atoms with van der Waals surface area (Å²) in [4.78, 5) is 8.87. The second kappa shape index (κ2) is 5.37. The van der Waals surface area contributed by atoms with Gasteiger partial charge in [-0.2, -0.15) is 10.2 Å². The number of fused-ring (bicyclic) bond motifs is 1. The lowest BCUT2D eigenvalue weighted by Gasteiger charge is -2.03. The van der Waals surface area contributed by atoms with Crippen LogP contribution < -0.4 is 0 Å². The summed E-state index contributed by atoms with van der Waals surface area (Å²) >= 11 is 0. The zero-order valence-corrected chi connectivity index (χ0v) is 11.9. The Kier molecular flexibility index (Phi) is 3.40. The van der Waals surface area contributed by atoms with Crippen molar-refractivity contribution < 1.29 is 4.52 Å². The van der Waals surface area contributed by atoms with E-state index in [0.717, 1.165) is 11.0 Å². The number of hydrogen-bond donors (Lipinski definition) is 0. The minimum Gasteiger partial charge on any atom is -0.337 e. The van der Waals surface area contributed by atoms with Crippen LogP contribution in [0.2, 0.25) is 0 Å². The van der Waals surface area contributed by atoms with Crippen LogP contribution in [0.15, 0.2) is 28.8 Å². The van der Waals surface area contributed by atoms with Crippen LogP contribution in [0.25, 0.3) is 11.0 Å². The summed E-state index contributed by atoms with van der Waals surface area (Å²) in [6.07, 6.45) is 0.250. The molecule has 6 heteroatoms. The molecule has 106 valence electrons. The molecular formula is C15H15N5O. The van der Waals surface area contributed by atoms with Crippen molar-refractivity contribution in [2.75, 3.05) is 0 Å². The van der Waals surface area contributed by atoms with Crippen molar-refractivity contribution in [1.29, 1.82) is 5.26 Å². The normalized spacial score (nSPS) is 11.1. The van der Waals surface area contributed by atoms with Crippen molar-refractivity contribution >= 4 is 11.0 Å². The summed E-state index contributed by atoms with van der Waals surface area (Å²) in [6.45, 7) is 4.46. The minimum atomic E-state index is 0.223. The van der Waals surface area contributed by atoms with Crippen LogP contribution in [-0.4, -0.2) is 19.7 Å². The molecule has 0 saturated carbocycles. The third-order valence-electron chi connectivity index (χ3n) is 3.26. The summed E-state index contributed by atoms with van der Waals surface area (Å²) in [5, 5.41) is 12.9. The van der Waals surface area contributed by atoms with E-state index in [1.807, 2.05) is 42.7 Å². The van der Waals surface area contributed by atoms with E-state index in [9.17, 15) is 0 Å². The minimum absolute atomic E-state index is 0.223. The average Bonchev–Trinajstić information content (AvgIpc) is 3.06. The Morgan fingerprint density at radius 2 is 2.10 bits per heavy atom. The standard InChI is InChI=1S/C15H15N5O/c1-10(2)15-18-14(21-19-15)9-20-12-6-4-3-5-11(12)17-13(20)7-8-16/h3-6,10H,7,9H2,1-2H3. The Balaban J connectivity index is 2.01. The van der Waals surface area contributed by atoms with Crippen LogP contribution in [0.1, 0.15) is 37.3 Å². The molecule has 2 heterocycles. The summed E-state index contributed by atoms with van der Waals surface area (Å²) in [6, 6.07) is 9.93. The predicted molar refractivity (Wildman–Crippen MR) is 76.5 cm³/mol. The zero-order valence-electron chi connectivity index (χ0n) is 11.9. The largest absolute Gasteiger partial charge is 0.337 e. The molecule has 0 N–H and O–H groups in total. The van der Waals surface area contributed by atoms with Crippen molar-refractivity contribution in [3.05, 3.63) is 41.8 Å². The van der Waals surface area contributed by atoms with Crippen LogP contribution in [0.5, 0.6) is 0 Å². The van der Waals surface area contributed by atoms with E-state index in [4.69, 9.17) is 9.78 Å². The van der Waals surface area contributed by atoms with Crippen molar-refractivity contribution in [2.24, 2.45) is 0 Å². The van der Waals surface area contributed by atoms with Crippen LogP contribution in [0.4, 0.5) is 0 Å². The lowest BCUT2D eigenvalue weighted by Crippen LogP contribution is -2.05. The van der Waals surface area contributed by atoms with E-state index in [2.05, 4.69) is 21.2 Å². The molecular weight excluding hydrogens is 266 g/mol. The van der Waals surface area contributed by atoms with Gasteiger partial charge >= 0.3 is 0 Å². The van der Waals surface area contributed by atoms with E-state index < -0.39 is 0 Å². The molecule has 1 aromatic carbocycles. The molecule has 0 amide bonds. The fourth-order valence-electron chi connectivity index (χ4n) is 2.21. The first-order valence-corrected chi connectivity index (χ1v) is 6.82. The maximum atomic E-state index is 8.96. The molecule has 21 heavy (non-hydrogen) atoms. The molecule has 3 rings (SSSR count).